The second kappa shape index (κ2) is 6.65. The van der Waals surface area contributed by atoms with Crippen molar-refractivity contribution in [1.82, 2.24) is 4.31 Å². The van der Waals surface area contributed by atoms with E-state index < -0.39 is 10.0 Å². The second-order valence-corrected chi connectivity index (χ2v) is 7.59. The van der Waals surface area contributed by atoms with E-state index in [4.69, 9.17) is 18.0 Å². The van der Waals surface area contributed by atoms with E-state index >= 15 is 0 Å². The molecule has 1 aromatic rings. The van der Waals surface area contributed by atoms with Crippen molar-refractivity contribution in [3.63, 3.8) is 0 Å². The normalized spacial score (nSPS) is 12.1. The summed E-state index contributed by atoms with van der Waals surface area (Å²) < 4.78 is 26.8. The molecule has 0 atom stereocenters. The molecule has 0 saturated heterocycles. The van der Waals surface area contributed by atoms with Crippen LogP contribution >= 0.6 is 12.2 Å². The lowest BCUT2D eigenvalue weighted by Crippen LogP contribution is -2.38. The van der Waals surface area contributed by atoms with E-state index in [-0.39, 0.29) is 6.04 Å². The van der Waals surface area contributed by atoms with Crippen LogP contribution in [0.5, 0.6) is 0 Å². The Morgan fingerprint density at radius 1 is 1.30 bits per heavy atom. The molecule has 4 nitrogen and oxygen atoms in total. The van der Waals surface area contributed by atoms with Gasteiger partial charge in [-0.3, -0.25) is 0 Å². The number of nitrogens with zero attached hydrogens (tertiary/aromatic N) is 1. The monoisotopic (exact) mass is 314 g/mol. The number of rotatable bonds is 6. The first kappa shape index (κ1) is 17.1. The third kappa shape index (κ3) is 4.01. The molecule has 6 heteroatoms. The first-order valence-electron chi connectivity index (χ1n) is 6.53. The molecular formula is C14H22N2O2S2. The van der Waals surface area contributed by atoms with Crippen LogP contribution < -0.4 is 5.73 Å². The van der Waals surface area contributed by atoms with Gasteiger partial charge in [0, 0.05) is 19.0 Å². The number of hydrogen-bond acceptors (Lipinski definition) is 3. The fraction of sp³-hybridized carbons (Fsp3) is 0.500. The Hall–Kier alpha value is -0.980. The van der Waals surface area contributed by atoms with Crippen molar-refractivity contribution < 1.29 is 8.42 Å². The van der Waals surface area contributed by atoms with E-state index in [1.165, 1.54) is 4.31 Å². The fourth-order valence-corrected chi connectivity index (χ4v) is 3.70. The molecule has 20 heavy (non-hydrogen) atoms. The lowest BCUT2D eigenvalue weighted by Gasteiger charge is -2.26. The molecule has 0 unspecified atom stereocenters. The summed E-state index contributed by atoms with van der Waals surface area (Å²) in [6.07, 6.45) is 0.386. The Morgan fingerprint density at radius 3 is 2.35 bits per heavy atom. The van der Waals surface area contributed by atoms with Crippen molar-refractivity contribution in [3.8, 4) is 0 Å². The van der Waals surface area contributed by atoms with Gasteiger partial charge in [-0.15, -0.1) is 0 Å². The highest BCUT2D eigenvalue weighted by Crippen LogP contribution is 2.21. The molecule has 0 aliphatic carbocycles. The molecule has 0 spiro atoms. The summed E-state index contributed by atoms with van der Waals surface area (Å²) in [5.41, 5.74) is 7.51. The summed E-state index contributed by atoms with van der Waals surface area (Å²) >= 11 is 4.83. The fourth-order valence-electron chi connectivity index (χ4n) is 1.89. The Morgan fingerprint density at radius 2 is 1.90 bits per heavy atom. The molecule has 0 amide bonds. The van der Waals surface area contributed by atoms with Crippen LogP contribution in [-0.2, 0) is 10.0 Å². The van der Waals surface area contributed by atoms with Gasteiger partial charge in [0.15, 0.2) is 0 Å². The molecular weight excluding hydrogens is 292 g/mol. The van der Waals surface area contributed by atoms with Crippen molar-refractivity contribution >= 4 is 27.2 Å². The van der Waals surface area contributed by atoms with Gasteiger partial charge in [0.1, 0.15) is 0 Å². The van der Waals surface area contributed by atoms with Gasteiger partial charge >= 0.3 is 0 Å². The Labute approximate surface area is 127 Å². The van der Waals surface area contributed by atoms with Gasteiger partial charge in [-0.2, -0.15) is 4.31 Å². The van der Waals surface area contributed by atoms with Crippen LogP contribution in [0.15, 0.2) is 23.1 Å². The maximum Gasteiger partial charge on any atom is 0.243 e. The molecule has 1 aromatic carbocycles. The lowest BCUT2D eigenvalue weighted by molar-refractivity contribution is 0.362. The van der Waals surface area contributed by atoms with Gasteiger partial charge in [0.2, 0.25) is 10.0 Å². The topological polar surface area (TPSA) is 63.4 Å². The predicted octanol–water partition coefficient (Wildman–Crippen LogP) is 2.38. The average Bonchev–Trinajstić information content (AvgIpc) is 2.31. The Bertz CT molecular complexity index is 595. The van der Waals surface area contributed by atoms with Crippen molar-refractivity contribution in [2.75, 3.05) is 6.54 Å². The number of aryl methyl sites for hydroxylation is 2. The Balaban J connectivity index is 3.15. The molecule has 0 radical (unpaired) electrons. The van der Waals surface area contributed by atoms with Crippen LogP contribution in [0.3, 0.4) is 0 Å². The van der Waals surface area contributed by atoms with Gasteiger partial charge in [0.05, 0.1) is 9.88 Å². The molecule has 0 aromatic heterocycles. The highest BCUT2D eigenvalue weighted by Gasteiger charge is 2.26. The highest BCUT2D eigenvalue weighted by molar-refractivity contribution is 7.89. The first-order valence-corrected chi connectivity index (χ1v) is 8.38. The summed E-state index contributed by atoms with van der Waals surface area (Å²) in [6, 6.07) is 5.04. The van der Waals surface area contributed by atoms with E-state index in [1.54, 1.807) is 12.1 Å². The number of thiocarbonyl (C=S) groups is 1. The van der Waals surface area contributed by atoms with E-state index in [0.29, 0.717) is 22.8 Å². The van der Waals surface area contributed by atoms with E-state index in [2.05, 4.69) is 0 Å². The number of sulfonamides is 1. The highest BCUT2D eigenvalue weighted by atomic mass is 32.2. The molecule has 2 N–H and O–H groups in total. The zero-order valence-corrected chi connectivity index (χ0v) is 14.0. The largest absolute Gasteiger partial charge is 0.393 e. The molecule has 0 heterocycles. The standard InChI is InChI=1S/C14H22N2O2S2/c1-10(2)16(8-7-14(15)19)20(17,18)13-6-5-11(3)12(4)9-13/h5-6,9-10H,7-8H2,1-4H3,(H2,15,19). The molecule has 0 aliphatic rings. The van der Waals surface area contributed by atoms with E-state index in [9.17, 15) is 8.42 Å². The summed E-state index contributed by atoms with van der Waals surface area (Å²) in [5.74, 6) is 0. The van der Waals surface area contributed by atoms with Gasteiger partial charge in [-0.05, 0) is 51.0 Å². The molecule has 0 fully saturated rings. The number of benzene rings is 1. The van der Waals surface area contributed by atoms with Gasteiger partial charge in [0.25, 0.3) is 0 Å². The number of nitrogens with two attached hydrogens (primary N) is 1. The van der Waals surface area contributed by atoms with Crippen LogP contribution in [0.4, 0.5) is 0 Å². The SMILES string of the molecule is Cc1ccc(S(=O)(=O)N(CCC(N)=S)C(C)C)cc1C. The van der Waals surface area contributed by atoms with Crippen molar-refractivity contribution in [2.24, 2.45) is 5.73 Å². The maximum atomic E-state index is 12.7. The van der Waals surface area contributed by atoms with Crippen LogP contribution in [0.25, 0.3) is 0 Å². The quantitative estimate of drug-likeness (QED) is 0.819. The predicted molar refractivity (Wildman–Crippen MR) is 86.3 cm³/mol. The van der Waals surface area contributed by atoms with Crippen molar-refractivity contribution in [3.05, 3.63) is 29.3 Å². The van der Waals surface area contributed by atoms with Gasteiger partial charge in [-0.1, -0.05) is 18.3 Å². The third-order valence-corrected chi connectivity index (χ3v) is 5.51. The lowest BCUT2D eigenvalue weighted by atomic mass is 10.1. The molecule has 0 aliphatic heterocycles. The van der Waals surface area contributed by atoms with Crippen LogP contribution in [-0.4, -0.2) is 30.3 Å². The summed E-state index contributed by atoms with van der Waals surface area (Å²) in [4.78, 5) is 0.642. The molecule has 112 valence electrons. The molecule has 0 bridgehead atoms. The van der Waals surface area contributed by atoms with Gasteiger partial charge in [-0.25, -0.2) is 8.42 Å². The van der Waals surface area contributed by atoms with Gasteiger partial charge < -0.3 is 5.73 Å². The van der Waals surface area contributed by atoms with Crippen LogP contribution in [0, 0.1) is 13.8 Å². The van der Waals surface area contributed by atoms with Crippen LogP contribution in [0.2, 0.25) is 0 Å². The van der Waals surface area contributed by atoms with E-state index in [1.807, 2.05) is 33.8 Å². The Kier molecular flexibility index (Phi) is 5.68. The minimum absolute atomic E-state index is 0.143. The zero-order chi connectivity index (χ0) is 15.5. The molecule has 0 saturated carbocycles. The average molecular weight is 314 g/mol. The first-order chi connectivity index (χ1) is 9.16. The van der Waals surface area contributed by atoms with E-state index in [0.717, 1.165) is 11.1 Å². The maximum absolute atomic E-state index is 12.7. The third-order valence-electron chi connectivity index (χ3n) is 3.24. The molecule has 1 rings (SSSR count). The minimum Gasteiger partial charge on any atom is -0.393 e. The minimum atomic E-state index is -3.52. The smallest absolute Gasteiger partial charge is 0.243 e. The summed E-state index contributed by atoms with van der Waals surface area (Å²) in [5, 5.41) is 0. The van der Waals surface area contributed by atoms with Crippen molar-refractivity contribution in [1.29, 1.82) is 0 Å². The van der Waals surface area contributed by atoms with Crippen molar-refractivity contribution in [2.45, 2.75) is 45.1 Å². The summed E-state index contributed by atoms with van der Waals surface area (Å²) in [6.45, 7) is 7.86. The zero-order valence-electron chi connectivity index (χ0n) is 12.4. The number of hydrogen-bond donors (Lipinski definition) is 1. The summed E-state index contributed by atoms with van der Waals surface area (Å²) in [7, 11) is -3.52. The van der Waals surface area contributed by atoms with Crippen LogP contribution in [0.1, 0.15) is 31.4 Å². The second-order valence-electron chi connectivity index (χ2n) is 5.17.